The average Bonchev–Trinajstić information content (AvgIpc) is 2.29. The Hall–Kier alpha value is -1.71. The Labute approximate surface area is 120 Å². The van der Waals surface area contributed by atoms with Crippen molar-refractivity contribution in [2.24, 2.45) is 5.92 Å². The SMILES string of the molecule is Cc1cc(C)c(C(=O)C(C)C(=O)OC(C)(C)C)nc1C. The summed E-state index contributed by atoms with van der Waals surface area (Å²) in [6, 6.07) is 1.91. The number of esters is 1. The maximum absolute atomic E-state index is 12.4. The van der Waals surface area contributed by atoms with Crippen LogP contribution in [-0.4, -0.2) is 22.3 Å². The third-order valence-corrected chi connectivity index (χ3v) is 3.04. The van der Waals surface area contributed by atoms with E-state index in [2.05, 4.69) is 4.98 Å². The molecule has 1 heterocycles. The number of hydrogen-bond acceptors (Lipinski definition) is 4. The third kappa shape index (κ3) is 3.89. The van der Waals surface area contributed by atoms with Gasteiger partial charge in [0.25, 0.3) is 0 Å². The molecule has 0 aliphatic rings. The van der Waals surface area contributed by atoms with Gasteiger partial charge in [0.05, 0.1) is 0 Å². The van der Waals surface area contributed by atoms with Crippen molar-refractivity contribution < 1.29 is 14.3 Å². The van der Waals surface area contributed by atoms with Gasteiger partial charge in [-0.1, -0.05) is 6.07 Å². The van der Waals surface area contributed by atoms with Gasteiger partial charge in [-0.2, -0.15) is 0 Å². The molecule has 0 N–H and O–H groups in total. The molecule has 0 saturated heterocycles. The molecule has 0 aliphatic heterocycles. The summed E-state index contributed by atoms with van der Waals surface area (Å²) in [5.74, 6) is -1.65. The lowest BCUT2D eigenvalue weighted by molar-refractivity contribution is -0.157. The van der Waals surface area contributed by atoms with E-state index < -0.39 is 17.5 Å². The molecule has 0 aromatic carbocycles. The van der Waals surface area contributed by atoms with Gasteiger partial charge in [-0.25, -0.2) is 4.98 Å². The normalized spacial score (nSPS) is 12.9. The molecule has 0 spiro atoms. The van der Waals surface area contributed by atoms with Crippen LogP contribution in [0, 0.1) is 26.7 Å². The van der Waals surface area contributed by atoms with Crippen LogP contribution in [0.15, 0.2) is 6.07 Å². The van der Waals surface area contributed by atoms with Crippen molar-refractivity contribution >= 4 is 11.8 Å². The fraction of sp³-hybridized carbons (Fsp3) is 0.562. The molecule has 0 radical (unpaired) electrons. The van der Waals surface area contributed by atoms with Gasteiger partial charge >= 0.3 is 5.97 Å². The topological polar surface area (TPSA) is 56.3 Å². The summed E-state index contributed by atoms with van der Waals surface area (Å²) in [6.07, 6.45) is 0. The van der Waals surface area contributed by atoms with Crippen molar-refractivity contribution in [3.8, 4) is 0 Å². The van der Waals surface area contributed by atoms with Crippen LogP contribution in [0.25, 0.3) is 0 Å². The van der Waals surface area contributed by atoms with Crippen LogP contribution in [0.4, 0.5) is 0 Å². The van der Waals surface area contributed by atoms with Gasteiger partial charge in [0.1, 0.15) is 17.2 Å². The summed E-state index contributed by atoms with van der Waals surface area (Å²) in [5.41, 5.74) is 2.37. The first-order valence-corrected chi connectivity index (χ1v) is 6.75. The van der Waals surface area contributed by atoms with Crippen molar-refractivity contribution in [1.29, 1.82) is 0 Å². The first kappa shape index (κ1) is 16.3. The summed E-state index contributed by atoms with van der Waals surface area (Å²) in [4.78, 5) is 28.7. The molecule has 110 valence electrons. The van der Waals surface area contributed by atoms with Crippen LogP contribution in [0.5, 0.6) is 0 Å². The quantitative estimate of drug-likeness (QED) is 0.484. The average molecular weight is 277 g/mol. The molecule has 4 heteroatoms. The predicted octanol–water partition coefficient (Wildman–Crippen LogP) is 3.17. The lowest BCUT2D eigenvalue weighted by atomic mass is 9.98. The maximum atomic E-state index is 12.4. The number of nitrogens with zero attached hydrogens (tertiary/aromatic N) is 1. The number of aryl methyl sites for hydroxylation is 3. The van der Waals surface area contributed by atoms with E-state index in [1.165, 1.54) is 0 Å². The van der Waals surface area contributed by atoms with Gasteiger partial charge in [-0.05, 0) is 59.6 Å². The Morgan fingerprint density at radius 1 is 1.15 bits per heavy atom. The predicted molar refractivity (Wildman–Crippen MR) is 77.8 cm³/mol. The molecule has 0 saturated carbocycles. The third-order valence-electron chi connectivity index (χ3n) is 3.04. The van der Waals surface area contributed by atoms with Gasteiger partial charge < -0.3 is 4.74 Å². The largest absolute Gasteiger partial charge is 0.459 e. The van der Waals surface area contributed by atoms with Crippen LogP contribution in [0.3, 0.4) is 0 Å². The molecule has 4 nitrogen and oxygen atoms in total. The molecule has 1 aromatic heterocycles. The molecule has 1 unspecified atom stereocenters. The zero-order chi connectivity index (χ0) is 15.7. The van der Waals surface area contributed by atoms with Gasteiger partial charge in [-0.15, -0.1) is 0 Å². The zero-order valence-corrected chi connectivity index (χ0v) is 13.3. The first-order chi connectivity index (χ1) is 9.03. The number of pyridine rings is 1. The van der Waals surface area contributed by atoms with E-state index in [0.717, 1.165) is 16.8 Å². The number of aromatic nitrogens is 1. The smallest absolute Gasteiger partial charge is 0.317 e. The second kappa shape index (κ2) is 5.73. The van der Waals surface area contributed by atoms with E-state index in [-0.39, 0.29) is 5.78 Å². The van der Waals surface area contributed by atoms with E-state index in [1.807, 2.05) is 26.8 Å². The maximum Gasteiger partial charge on any atom is 0.317 e. The molecule has 0 aliphatic carbocycles. The number of ether oxygens (including phenoxy) is 1. The molecule has 1 rings (SSSR count). The van der Waals surface area contributed by atoms with Crippen molar-refractivity contribution in [3.05, 3.63) is 28.6 Å². The molecule has 1 atom stereocenters. The Bertz CT molecular complexity index is 541. The number of Topliss-reactive ketones (excluding diaryl/α,β-unsaturated/α-hetero) is 1. The van der Waals surface area contributed by atoms with Crippen LogP contribution < -0.4 is 0 Å². The van der Waals surface area contributed by atoms with E-state index in [1.54, 1.807) is 27.7 Å². The van der Waals surface area contributed by atoms with E-state index in [0.29, 0.717) is 5.69 Å². The van der Waals surface area contributed by atoms with Gasteiger partial charge in [0.15, 0.2) is 5.78 Å². The highest BCUT2D eigenvalue weighted by molar-refractivity contribution is 6.08. The number of hydrogen-bond donors (Lipinski definition) is 0. The summed E-state index contributed by atoms with van der Waals surface area (Å²) in [7, 11) is 0. The fourth-order valence-corrected chi connectivity index (χ4v) is 1.79. The second-order valence-corrected chi connectivity index (χ2v) is 6.18. The number of carbonyl (C=O) groups excluding carboxylic acids is 2. The second-order valence-electron chi connectivity index (χ2n) is 6.18. The number of ketones is 1. The monoisotopic (exact) mass is 277 g/mol. The van der Waals surface area contributed by atoms with Crippen molar-refractivity contribution in [2.45, 2.75) is 54.1 Å². The van der Waals surface area contributed by atoms with E-state index in [4.69, 9.17) is 4.74 Å². The van der Waals surface area contributed by atoms with E-state index >= 15 is 0 Å². The van der Waals surface area contributed by atoms with Crippen LogP contribution >= 0.6 is 0 Å². The minimum Gasteiger partial charge on any atom is -0.459 e. The Morgan fingerprint density at radius 2 is 1.70 bits per heavy atom. The summed E-state index contributed by atoms with van der Waals surface area (Å²) < 4.78 is 5.25. The lowest BCUT2D eigenvalue weighted by Crippen LogP contribution is -2.32. The van der Waals surface area contributed by atoms with Gasteiger partial charge in [0.2, 0.25) is 0 Å². The highest BCUT2D eigenvalue weighted by Crippen LogP contribution is 2.18. The number of rotatable bonds is 3. The van der Waals surface area contributed by atoms with Gasteiger partial charge in [0, 0.05) is 5.69 Å². The Balaban J connectivity index is 3.01. The zero-order valence-electron chi connectivity index (χ0n) is 13.3. The minimum absolute atomic E-state index is 0.292. The molecular formula is C16H23NO3. The minimum atomic E-state index is -0.845. The molecule has 20 heavy (non-hydrogen) atoms. The molecule has 0 bridgehead atoms. The molecule has 0 fully saturated rings. The van der Waals surface area contributed by atoms with Crippen LogP contribution in [-0.2, 0) is 9.53 Å². The molecule has 1 aromatic rings. The molecule has 0 amide bonds. The van der Waals surface area contributed by atoms with Crippen LogP contribution in [0.2, 0.25) is 0 Å². The first-order valence-electron chi connectivity index (χ1n) is 6.75. The van der Waals surface area contributed by atoms with E-state index in [9.17, 15) is 9.59 Å². The summed E-state index contributed by atoms with van der Waals surface area (Å²) in [6.45, 7) is 12.5. The highest BCUT2D eigenvalue weighted by Gasteiger charge is 2.29. The fourth-order valence-electron chi connectivity index (χ4n) is 1.79. The Morgan fingerprint density at radius 3 is 2.20 bits per heavy atom. The summed E-state index contributed by atoms with van der Waals surface area (Å²) >= 11 is 0. The van der Waals surface area contributed by atoms with Crippen molar-refractivity contribution in [2.75, 3.05) is 0 Å². The highest BCUT2D eigenvalue weighted by atomic mass is 16.6. The molecular weight excluding hydrogens is 254 g/mol. The summed E-state index contributed by atoms with van der Waals surface area (Å²) in [5, 5.41) is 0. The van der Waals surface area contributed by atoms with Crippen molar-refractivity contribution in [3.63, 3.8) is 0 Å². The van der Waals surface area contributed by atoms with Crippen molar-refractivity contribution in [1.82, 2.24) is 4.98 Å². The lowest BCUT2D eigenvalue weighted by Gasteiger charge is -2.22. The Kier molecular flexibility index (Phi) is 4.69. The standard InChI is InChI=1S/C16H23NO3/c1-9-8-10(2)13(17-12(9)4)14(18)11(3)15(19)20-16(5,6)7/h8,11H,1-7H3. The van der Waals surface area contributed by atoms with Gasteiger partial charge in [-0.3, -0.25) is 9.59 Å². The van der Waals surface area contributed by atoms with Crippen LogP contribution in [0.1, 0.15) is 55.0 Å². The number of carbonyl (C=O) groups is 2.